The molecular formula is C16H21N5O. The normalized spacial score (nSPS) is 10.3. The number of pyridine rings is 1. The lowest BCUT2D eigenvalue weighted by molar-refractivity contribution is -0.116. The molecule has 0 aromatic carbocycles. The van der Waals surface area contributed by atoms with Gasteiger partial charge >= 0.3 is 0 Å². The zero-order chi connectivity index (χ0) is 15.8. The van der Waals surface area contributed by atoms with Gasteiger partial charge in [-0.25, -0.2) is 0 Å². The number of rotatable bonds is 7. The molecule has 2 heterocycles. The number of nitrogens with zero attached hydrogens (tertiary/aromatic N) is 4. The molecule has 0 spiro atoms. The van der Waals surface area contributed by atoms with E-state index in [1.54, 1.807) is 18.5 Å². The summed E-state index contributed by atoms with van der Waals surface area (Å²) in [4.78, 5) is 17.5. The molecule has 1 amide bonds. The largest absolute Gasteiger partial charge is 0.358 e. The molecule has 6 nitrogen and oxygen atoms in total. The fraction of sp³-hybridized carbons (Fsp3) is 0.375. The van der Waals surface area contributed by atoms with Gasteiger partial charge < -0.3 is 10.2 Å². The standard InChI is InChI=1S/C16H21N5O/c1-3-4-16(22)18-14-5-6-15(20-19-14)21(2)12-9-13-7-10-17-11-8-13/h5-8,10-11H,3-4,9,12H2,1-2H3,(H,18,19,22). The Balaban J connectivity index is 1.88. The first-order valence-electron chi connectivity index (χ1n) is 7.42. The van der Waals surface area contributed by atoms with Gasteiger partial charge in [0.15, 0.2) is 11.6 Å². The van der Waals surface area contributed by atoms with Crippen molar-refractivity contribution >= 4 is 17.5 Å². The molecule has 0 unspecified atom stereocenters. The number of carbonyl (C=O) groups excluding carboxylic acids is 1. The van der Waals surface area contributed by atoms with Crippen molar-refractivity contribution < 1.29 is 4.79 Å². The summed E-state index contributed by atoms with van der Waals surface area (Å²) in [5.41, 5.74) is 1.23. The van der Waals surface area contributed by atoms with Gasteiger partial charge in [-0.2, -0.15) is 0 Å². The van der Waals surface area contributed by atoms with Gasteiger partial charge in [0.2, 0.25) is 5.91 Å². The van der Waals surface area contributed by atoms with E-state index in [9.17, 15) is 4.79 Å². The second-order valence-corrected chi connectivity index (χ2v) is 5.10. The second kappa shape index (κ2) is 8.07. The predicted octanol–water partition coefficient (Wildman–Crippen LogP) is 2.29. The first-order valence-corrected chi connectivity index (χ1v) is 7.42. The molecule has 0 fully saturated rings. The molecule has 6 heteroatoms. The molecular weight excluding hydrogens is 278 g/mol. The van der Waals surface area contributed by atoms with Crippen LogP contribution >= 0.6 is 0 Å². The zero-order valence-corrected chi connectivity index (χ0v) is 13.0. The summed E-state index contributed by atoms with van der Waals surface area (Å²) >= 11 is 0. The fourth-order valence-corrected chi connectivity index (χ4v) is 1.99. The smallest absolute Gasteiger partial charge is 0.225 e. The van der Waals surface area contributed by atoms with Crippen LogP contribution in [0.25, 0.3) is 0 Å². The van der Waals surface area contributed by atoms with Crippen LogP contribution in [0.2, 0.25) is 0 Å². The van der Waals surface area contributed by atoms with Crippen molar-refractivity contribution in [1.29, 1.82) is 0 Å². The summed E-state index contributed by atoms with van der Waals surface area (Å²) in [5.74, 6) is 1.24. The SMILES string of the molecule is CCCC(=O)Nc1ccc(N(C)CCc2ccncc2)nn1. The van der Waals surface area contributed by atoms with E-state index in [0.29, 0.717) is 12.2 Å². The molecule has 116 valence electrons. The molecule has 0 atom stereocenters. The maximum absolute atomic E-state index is 11.5. The lowest BCUT2D eigenvalue weighted by atomic mass is 10.2. The average molecular weight is 299 g/mol. The monoisotopic (exact) mass is 299 g/mol. The number of carbonyl (C=O) groups is 1. The first kappa shape index (κ1) is 15.9. The molecule has 0 aliphatic heterocycles. The minimum Gasteiger partial charge on any atom is -0.358 e. The summed E-state index contributed by atoms with van der Waals surface area (Å²) in [5, 5.41) is 10.9. The maximum atomic E-state index is 11.5. The van der Waals surface area contributed by atoms with Gasteiger partial charge in [-0.1, -0.05) is 6.92 Å². The van der Waals surface area contributed by atoms with Crippen molar-refractivity contribution in [2.24, 2.45) is 0 Å². The minimum atomic E-state index is -0.0319. The second-order valence-electron chi connectivity index (χ2n) is 5.10. The Bertz CT molecular complexity index is 585. The highest BCUT2D eigenvalue weighted by molar-refractivity contribution is 5.89. The highest BCUT2D eigenvalue weighted by atomic mass is 16.1. The van der Waals surface area contributed by atoms with Gasteiger partial charge in [0.1, 0.15) is 0 Å². The van der Waals surface area contributed by atoms with Crippen molar-refractivity contribution in [1.82, 2.24) is 15.2 Å². The van der Waals surface area contributed by atoms with Gasteiger partial charge in [0.25, 0.3) is 0 Å². The molecule has 0 radical (unpaired) electrons. The van der Waals surface area contributed by atoms with Gasteiger partial charge in [-0.15, -0.1) is 10.2 Å². The number of likely N-dealkylation sites (N-methyl/N-ethyl adjacent to an activating group) is 1. The summed E-state index contributed by atoms with van der Waals surface area (Å²) in [6.45, 7) is 2.80. The molecule has 0 aliphatic rings. The Morgan fingerprint density at radius 1 is 1.18 bits per heavy atom. The van der Waals surface area contributed by atoms with E-state index in [4.69, 9.17) is 0 Å². The zero-order valence-electron chi connectivity index (χ0n) is 13.0. The molecule has 0 aliphatic carbocycles. The summed E-state index contributed by atoms with van der Waals surface area (Å²) < 4.78 is 0. The third-order valence-electron chi connectivity index (χ3n) is 3.27. The Labute approximate surface area is 130 Å². The van der Waals surface area contributed by atoms with E-state index in [2.05, 4.69) is 20.5 Å². The Kier molecular flexibility index (Phi) is 5.82. The predicted molar refractivity (Wildman–Crippen MR) is 86.8 cm³/mol. The van der Waals surface area contributed by atoms with E-state index < -0.39 is 0 Å². The van der Waals surface area contributed by atoms with Crippen molar-refractivity contribution in [2.75, 3.05) is 23.8 Å². The van der Waals surface area contributed by atoms with Crippen LogP contribution in [0.5, 0.6) is 0 Å². The maximum Gasteiger partial charge on any atom is 0.225 e. The lowest BCUT2D eigenvalue weighted by Crippen LogP contribution is -2.22. The van der Waals surface area contributed by atoms with Crippen LogP contribution in [0.4, 0.5) is 11.6 Å². The third-order valence-corrected chi connectivity index (χ3v) is 3.27. The topological polar surface area (TPSA) is 71.0 Å². The van der Waals surface area contributed by atoms with Crippen LogP contribution in [0.3, 0.4) is 0 Å². The van der Waals surface area contributed by atoms with E-state index in [1.165, 1.54) is 5.56 Å². The quantitative estimate of drug-likeness (QED) is 0.849. The van der Waals surface area contributed by atoms with Crippen molar-refractivity contribution in [3.8, 4) is 0 Å². The van der Waals surface area contributed by atoms with Gasteiger partial charge in [-0.05, 0) is 42.7 Å². The Morgan fingerprint density at radius 3 is 2.59 bits per heavy atom. The number of anilines is 2. The van der Waals surface area contributed by atoms with Crippen LogP contribution in [0, 0.1) is 0 Å². The van der Waals surface area contributed by atoms with Crippen LogP contribution in [-0.2, 0) is 11.2 Å². The molecule has 2 aromatic heterocycles. The van der Waals surface area contributed by atoms with E-state index in [0.717, 1.165) is 25.2 Å². The Morgan fingerprint density at radius 2 is 1.95 bits per heavy atom. The molecule has 0 saturated carbocycles. The minimum absolute atomic E-state index is 0.0319. The molecule has 0 saturated heterocycles. The first-order chi connectivity index (χ1) is 10.7. The van der Waals surface area contributed by atoms with Crippen molar-refractivity contribution in [2.45, 2.75) is 26.2 Å². The molecule has 22 heavy (non-hydrogen) atoms. The number of aromatic nitrogens is 3. The number of nitrogens with one attached hydrogen (secondary N) is 1. The average Bonchev–Trinajstić information content (AvgIpc) is 2.54. The number of amides is 1. The van der Waals surface area contributed by atoms with Crippen LogP contribution in [0.1, 0.15) is 25.3 Å². The van der Waals surface area contributed by atoms with E-state index in [-0.39, 0.29) is 5.91 Å². The molecule has 2 rings (SSSR count). The summed E-state index contributed by atoms with van der Waals surface area (Å²) in [6.07, 6.45) is 5.81. The Hall–Kier alpha value is -2.50. The van der Waals surface area contributed by atoms with Crippen molar-refractivity contribution in [3.05, 3.63) is 42.2 Å². The molecule has 2 aromatic rings. The van der Waals surface area contributed by atoms with Gasteiger partial charge in [-0.3, -0.25) is 9.78 Å². The van der Waals surface area contributed by atoms with Gasteiger partial charge in [0.05, 0.1) is 0 Å². The van der Waals surface area contributed by atoms with E-state index >= 15 is 0 Å². The number of hydrogen-bond acceptors (Lipinski definition) is 5. The molecule has 1 N–H and O–H groups in total. The summed E-state index contributed by atoms with van der Waals surface area (Å²) in [6, 6.07) is 7.65. The van der Waals surface area contributed by atoms with E-state index in [1.807, 2.05) is 37.1 Å². The highest BCUT2D eigenvalue weighted by Gasteiger charge is 2.06. The van der Waals surface area contributed by atoms with Gasteiger partial charge in [0, 0.05) is 32.4 Å². The van der Waals surface area contributed by atoms with Crippen molar-refractivity contribution in [3.63, 3.8) is 0 Å². The highest BCUT2D eigenvalue weighted by Crippen LogP contribution is 2.11. The van der Waals surface area contributed by atoms with Crippen LogP contribution in [0.15, 0.2) is 36.7 Å². The van der Waals surface area contributed by atoms with Crippen LogP contribution < -0.4 is 10.2 Å². The molecule has 0 bridgehead atoms. The van der Waals surface area contributed by atoms with Crippen LogP contribution in [-0.4, -0.2) is 34.7 Å². The number of hydrogen-bond donors (Lipinski definition) is 1. The fourth-order valence-electron chi connectivity index (χ4n) is 1.99. The third kappa shape index (κ3) is 4.80. The summed E-state index contributed by atoms with van der Waals surface area (Å²) in [7, 11) is 1.97. The lowest BCUT2D eigenvalue weighted by Gasteiger charge is -2.17.